The first-order valence-electron chi connectivity index (χ1n) is 6.61. The summed E-state index contributed by atoms with van der Waals surface area (Å²) in [6.07, 6.45) is 2.64. The van der Waals surface area contributed by atoms with Gasteiger partial charge in [-0.15, -0.1) is 0 Å². The maximum atomic E-state index is 9.19. The molecule has 2 aromatic rings. The molecule has 2 heterocycles. The SMILES string of the molecule is CC(C)(C#N)c1nccc(-c2ccc3c(c2)CCO3)n1. The van der Waals surface area contributed by atoms with Gasteiger partial charge < -0.3 is 4.74 Å². The summed E-state index contributed by atoms with van der Waals surface area (Å²) in [6, 6.07) is 10.2. The normalized spacial score (nSPS) is 13.4. The third kappa shape index (κ3) is 2.12. The van der Waals surface area contributed by atoms with Crippen LogP contribution in [0, 0.1) is 11.3 Å². The molecule has 0 saturated carbocycles. The molecule has 0 amide bonds. The van der Waals surface area contributed by atoms with Gasteiger partial charge in [0.2, 0.25) is 0 Å². The monoisotopic (exact) mass is 265 g/mol. The fourth-order valence-electron chi connectivity index (χ4n) is 2.22. The Morgan fingerprint density at radius 3 is 2.95 bits per heavy atom. The maximum Gasteiger partial charge on any atom is 0.148 e. The van der Waals surface area contributed by atoms with E-state index in [9.17, 15) is 5.26 Å². The van der Waals surface area contributed by atoms with Gasteiger partial charge in [-0.3, -0.25) is 0 Å². The van der Waals surface area contributed by atoms with Crippen molar-refractivity contribution in [2.24, 2.45) is 0 Å². The second-order valence-electron chi connectivity index (χ2n) is 5.42. The lowest BCUT2D eigenvalue weighted by molar-refractivity contribution is 0.357. The van der Waals surface area contributed by atoms with Crippen LogP contribution in [0.5, 0.6) is 5.75 Å². The molecule has 0 saturated heterocycles. The van der Waals surface area contributed by atoms with E-state index in [4.69, 9.17) is 4.74 Å². The Labute approximate surface area is 118 Å². The molecule has 0 radical (unpaired) electrons. The minimum atomic E-state index is -0.685. The van der Waals surface area contributed by atoms with E-state index in [-0.39, 0.29) is 0 Å². The predicted molar refractivity (Wildman–Crippen MR) is 75.3 cm³/mol. The second-order valence-corrected chi connectivity index (χ2v) is 5.42. The lowest BCUT2D eigenvalue weighted by Gasteiger charge is -2.14. The van der Waals surface area contributed by atoms with Crippen LogP contribution in [0.15, 0.2) is 30.5 Å². The summed E-state index contributed by atoms with van der Waals surface area (Å²) in [6.45, 7) is 4.39. The molecule has 4 nitrogen and oxygen atoms in total. The van der Waals surface area contributed by atoms with Gasteiger partial charge in [0.15, 0.2) is 0 Å². The first-order chi connectivity index (χ1) is 9.60. The van der Waals surface area contributed by atoms with Gasteiger partial charge in [0.1, 0.15) is 17.0 Å². The van der Waals surface area contributed by atoms with E-state index >= 15 is 0 Å². The summed E-state index contributed by atoms with van der Waals surface area (Å²) in [7, 11) is 0. The highest BCUT2D eigenvalue weighted by atomic mass is 16.5. The first-order valence-corrected chi connectivity index (χ1v) is 6.61. The fraction of sp³-hybridized carbons (Fsp3) is 0.312. The van der Waals surface area contributed by atoms with Crippen molar-refractivity contribution in [2.75, 3.05) is 6.61 Å². The molecule has 0 atom stereocenters. The first kappa shape index (κ1) is 12.6. The Bertz CT molecular complexity index is 701. The van der Waals surface area contributed by atoms with Gasteiger partial charge in [-0.1, -0.05) is 0 Å². The zero-order valence-electron chi connectivity index (χ0n) is 11.6. The zero-order chi connectivity index (χ0) is 14.2. The van der Waals surface area contributed by atoms with Gasteiger partial charge >= 0.3 is 0 Å². The van der Waals surface area contributed by atoms with Gasteiger partial charge in [-0.25, -0.2) is 9.97 Å². The quantitative estimate of drug-likeness (QED) is 0.837. The Balaban J connectivity index is 2.03. The van der Waals surface area contributed by atoms with Crippen LogP contribution < -0.4 is 4.74 Å². The fourth-order valence-corrected chi connectivity index (χ4v) is 2.22. The van der Waals surface area contributed by atoms with E-state index in [0.29, 0.717) is 5.82 Å². The smallest absolute Gasteiger partial charge is 0.148 e. The standard InChI is InChI=1S/C16H15N3O/c1-16(2,10-17)15-18-7-5-13(19-15)11-3-4-14-12(9-11)6-8-20-14/h3-5,7,9H,6,8H2,1-2H3. The Kier molecular flexibility index (Phi) is 2.90. The number of ether oxygens (including phenoxy) is 1. The molecule has 1 aromatic heterocycles. The van der Waals surface area contributed by atoms with Gasteiger partial charge in [0.05, 0.1) is 18.4 Å². The van der Waals surface area contributed by atoms with Crippen LogP contribution in [-0.4, -0.2) is 16.6 Å². The molecule has 0 unspecified atom stereocenters. The molecule has 4 heteroatoms. The Hall–Kier alpha value is -2.41. The van der Waals surface area contributed by atoms with Crippen LogP contribution in [-0.2, 0) is 11.8 Å². The van der Waals surface area contributed by atoms with Crippen molar-refractivity contribution in [3.8, 4) is 23.1 Å². The molecule has 100 valence electrons. The molecule has 0 aliphatic carbocycles. The zero-order valence-corrected chi connectivity index (χ0v) is 11.6. The highest BCUT2D eigenvalue weighted by molar-refractivity contribution is 5.62. The molecule has 0 spiro atoms. The molecule has 20 heavy (non-hydrogen) atoms. The Morgan fingerprint density at radius 1 is 1.30 bits per heavy atom. The average Bonchev–Trinajstić information content (AvgIpc) is 2.94. The predicted octanol–water partition coefficient (Wildman–Crippen LogP) is 2.88. The lowest BCUT2D eigenvalue weighted by Crippen LogP contribution is -2.18. The Morgan fingerprint density at radius 2 is 2.15 bits per heavy atom. The lowest BCUT2D eigenvalue weighted by atomic mass is 9.94. The van der Waals surface area contributed by atoms with E-state index in [1.165, 1.54) is 5.56 Å². The molecule has 1 aromatic carbocycles. The molecule has 1 aliphatic rings. The van der Waals surface area contributed by atoms with Crippen molar-refractivity contribution in [1.29, 1.82) is 5.26 Å². The van der Waals surface area contributed by atoms with Crippen LogP contribution in [0.4, 0.5) is 0 Å². The van der Waals surface area contributed by atoms with E-state index in [2.05, 4.69) is 22.1 Å². The number of fused-ring (bicyclic) bond motifs is 1. The molecule has 0 N–H and O–H groups in total. The van der Waals surface area contributed by atoms with E-state index in [0.717, 1.165) is 30.0 Å². The average molecular weight is 265 g/mol. The molecule has 0 fully saturated rings. The van der Waals surface area contributed by atoms with Crippen LogP contribution in [0.2, 0.25) is 0 Å². The highest BCUT2D eigenvalue weighted by Crippen LogP contribution is 2.30. The molecule has 1 aliphatic heterocycles. The van der Waals surface area contributed by atoms with Crippen molar-refractivity contribution < 1.29 is 4.74 Å². The summed E-state index contributed by atoms with van der Waals surface area (Å²) in [5, 5.41) is 9.19. The van der Waals surface area contributed by atoms with Crippen molar-refractivity contribution in [1.82, 2.24) is 9.97 Å². The largest absolute Gasteiger partial charge is 0.493 e. The van der Waals surface area contributed by atoms with Crippen molar-refractivity contribution in [3.63, 3.8) is 0 Å². The van der Waals surface area contributed by atoms with Gasteiger partial charge in [0, 0.05) is 18.2 Å². The number of hydrogen-bond donors (Lipinski definition) is 0. The highest BCUT2D eigenvalue weighted by Gasteiger charge is 2.23. The summed E-state index contributed by atoms with van der Waals surface area (Å²) >= 11 is 0. The van der Waals surface area contributed by atoms with Crippen LogP contribution >= 0.6 is 0 Å². The van der Waals surface area contributed by atoms with E-state index in [1.54, 1.807) is 6.20 Å². The molecular formula is C16H15N3O. The molecule has 3 rings (SSSR count). The summed E-state index contributed by atoms with van der Waals surface area (Å²) in [4.78, 5) is 8.76. The van der Waals surface area contributed by atoms with Crippen molar-refractivity contribution in [3.05, 3.63) is 41.9 Å². The van der Waals surface area contributed by atoms with Crippen LogP contribution in [0.3, 0.4) is 0 Å². The molecule has 0 bridgehead atoms. The number of aromatic nitrogens is 2. The number of nitriles is 1. The van der Waals surface area contributed by atoms with Gasteiger partial charge in [-0.2, -0.15) is 5.26 Å². The number of nitrogens with zero attached hydrogens (tertiary/aromatic N) is 3. The third-order valence-electron chi connectivity index (χ3n) is 3.48. The van der Waals surface area contributed by atoms with E-state index in [1.807, 2.05) is 32.0 Å². The number of hydrogen-bond acceptors (Lipinski definition) is 4. The van der Waals surface area contributed by atoms with Crippen molar-refractivity contribution >= 4 is 0 Å². The molecular weight excluding hydrogens is 250 g/mol. The van der Waals surface area contributed by atoms with E-state index < -0.39 is 5.41 Å². The van der Waals surface area contributed by atoms with Crippen LogP contribution in [0.1, 0.15) is 25.2 Å². The summed E-state index contributed by atoms with van der Waals surface area (Å²) in [5.41, 5.74) is 2.40. The summed E-state index contributed by atoms with van der Waals surface area (Å²) in [5.74, 6) is 1.51. The van der Waals surface area contributed by atoms with Crippen LogP contribution in [0.25, 0.3) is 11.3 Å². The maximum absolute atomic E-state index is 9.19. The third-order valence-corrected chi connectivity index (χ3v) is 3.48. The number of benzene rings is 1. The van der Waals surface area contributed by atoms with Crippen molar-refractivity contribution in [2.45, 2.75) is 25.7 Å². The topological polar surface area (TPSA) is 58.8 Å². The second kappa shape index (κ2) is 4.61. The summed E-state index contributed by atoms with van der Waals surface area (Å²) < 4.78 is 5.51. The van der Waals surface area contributed by atoms with Gasteiger partial charge in [0.25, 0.3) is 0 Å². The number of rotatable bonds is 2. The minimum absolute atomic E-state index is 0.550. The van der Waals surface area contributed by atoms with Gasteiger partial charge in [-0.05, 0) is 43.7 Å². The minimum Gasteiger partial charge on any atom is -0.493 e.